The van der Waals surface area contributed by atoms with Crippen LogP contribution in [0.25, 0.3) is 11.1 Å². The Labute approximate surface area is 222 Å². The average Bonchev–Trinajstić information content (AvgIpc) is 2.90. The van der Waals surface area contributed by atoms with Gasteiger partial charge in [0.05, 0.1) is 4.90 Å². The van der Waals surface area contributed by atoms with E-state index in [1.807, 2.05) is 60.2 Å². The summed E-state index contributed by atoms with van der Waals surface area (Å²) in [7, 11) is -4.11. The Morgan fingerprint density at radius 2 is 1.54 bits per heavy atom. The van der Waals surface area contributed by atoms with Gasteiger partial charge in [0.15, 0.2) is 6.19 Å². The van der Waals surface area contributed by atoms with Crippen LogP contribution in [0.4, 0.5) is 0 Å². The van der Waals surface area contributed by atoms with E-state index in [-0.39, 0.29) is 17.3 Å². The fourth-order valence-electron chi connectivity index (χ4n) is 4.05. The minimum atomic E-state index is -4.11. The number of carbonyl (C=O) groups is 1. The third-order valence-electron chi connectivity index (χ3n) is 5.92. The van der Waals surface area contributed by atoms with E-state index >= 15 is 0 Å². The number of nitriles is 1. The predicted molar refractivity (Wildman–Crippen MR) is 146 cm³/mol. The number of amides is 1. The topological polar surface area (TPSA) is 90.3 Å². The number of thiol groups is 1. The van der Waals surface area contributed by atoms with Gasteiger partial charge in [-0.1, -0.05) is 72.8 Å². The van der Waals surface area contributed by atoms with Crippen molar-refractivity contribution in [1.82, 2.24) is 9.62 Å². The predicted octanol–water partition coefficient (Wildman–Crippen LogP) is 5.55. The summed E-state index contributed by atoms with van der Waals surface area (Å²) >= 11 is 4.41. The van der Waals surface area contributed by atoms with Crippen molar-refractivity contribution < 1.29 is 13.2 Å². The monoisotopic (exact) mass is 527 g/mol. The van der Waals surface area contributed by atoms with E-state index in [9.17, 15) is 13.2 Å². The normalized spacial score (nSPS) is 10.9. The van der Waals surface area contributed by atoms with Gasteiger partial charge in [0.2, 0.25) is 0 Å². The molecule has 186 valence electrons. The molecule has 0 bridgehead atoms. The lowest BCUT2D eigenvalue weighted by Crippen LogP contribution is -2.30. The smallest absolute Gasteiger partial charge is 0.270 e. The largest absolute Gasteiger partial charge is 0.330 e. The second-order valence-electron chi connectivity index (χ2n) is 8.56. The highest BCUT2D eigenvalue weighted by Crippen LogP contribution is 2.29. The number of sulfonamides is 1. The minimum Gasteiger partial charge on any atom is -0.330 e. The van der Waals surface area contributed by atoms with E-state index in [0.717, 1.165) is 16.0 Å². The second kappa shape index (κ2) is 11.3. The van der Waals surface area contributed by atoms with Gasteiger partial charge in [-0.15, -0.1) is 12.6 Å². The first-order chi connectivity index (χ1) is 17.8. The van der Waals surface area contributed by atoms with Crippen LogP contribution < -0.4 is 4.72 Å². The van der Waals surface area contributed by atoms with E-state index in [1.165, 1.54) is 12.3 Å². The zero-order chi connectivity index (χ0) is 26.4. The van der Waals surface area contributed by atoms with Gasteiger partial charge in [-0.2, -0.15) is 5.26 Å². The number of nitrogens with zero attached hydrogens (tertiary/aromatic N) is 2. The molecule has 0 fully saturated rings. The first kappa shape index (κ1) is 26.0. The number of benzene rings is 4. The highest BCUT2D eigenvalue weighted by atomic mass is 32.2. The van der Waals surface area contributed by atoms with Crippen LogP contribution in [0.5, 0.6) is 0 Å². The first-order valence-electron chi connectivity index (χ1n) is 11.5. The maximum Gasteiger partial charge on any atom is 0.270 e. The fourth-order valence-corrected chi connectivity index (χ4v) is 5.20. The summed E-state index contributed by atoms with van der Waals surface area (Å²) in [6.45, 7) is 2.39. The van der Waals surface area contributed by atoms with Gasteiger partial charge in [-0.3, -0.25) is 4.79 Å². The highest BCUT2D eigenvalue weighted by molar-refractivity contribution is 7.89. The molecule has 37 heavy (non-hydrogen) atoms. The highest BCUT2D eigenvalue weighted by Gasteiger charge is 2.22. The van der Waals surface area contributed by atoms with E-state index in [0.29, 0.717) is 28.8 Å². The summed E-state index contributed by atoms with van der Waals surface area (Å²) < 4.78 is 27.8. The lowest BCUT2D eigenvalue weighted by molar-refractivity contribution is 0.0729. The lowest BCUT2D eigenvalue weighted by atomic mass is 10.0. The molecule has 4 aromatic carbocycles. The maximum atomic E-state index is 13.6. The Balaban J connectivity index is 1.76. The molecule has 4 rings (SSSR count). The van der Waals surface area contributed by atoms with Crippen LogP contribution in [0.3, 0.4) is 0 Å². The van der Waals surface area contributed by atoms with Crippen molar-refractivity contribution >= 4 is 28.6 Å². The zero-order valence-corrected chi connectivity index (χ0v) is 21.8. The molecule has 4 aromatic rings. The van der Waals surface area contributed by atoms with Crippen molar-refractivity contribution in [2.75, 3.05) is 0 Å². The molecule has 1 amide bonds. The van der Waals surface area contributed by atoms with Crippen molar-refractivity contribution in [3.8, 4) is 17.3 Å². The number of carbonyl (C=O) groups excluding carboxylic acids is 1. The van der Waals surface area contributed by atoms with Crippen molar-refractivity contribution in [3.05, 3.63) is 119 Å². The van der Waals surface area contributed by atoms with E-state index in [1.54, 1.807) is 47.4 Å². The molecule has 8 heteroatoms. The average molecular weight is 528 g/mol. The van der Waals surface area contributed by atoms with Crippen LogP contribution in [0.15, 0.2) is 107 Å². The summed E-state index contributed by atoms with van der Waals surface area (Å²) in [6, 6.07) is 29.0. The van der Waals surface area contributed by atoms with Gasteiger partial charge < -0.3 is 4.90 Å². The van der Waals surface area contributed by atoms with Crippen LogP contribution in [-0.2, 0) is 23.1 Å². The third-order valence-corrected chi connectivity index (χ3v) is 7.70. The summed E-state index contributed by atoms with van der Waals surface area (Å²) in [4.78, 5) is 16.1. The Hall–Kier alpha value is -4.06. The molecule has 0 saturated heterocycles. The minimum absolute atomic E-state index is 0.0277. The van der Waals surface area contributed by atoms with Crippen LogP contribution >= 0.6 is 12.6 Å². The lowest BCUT2D eigenvalue weighted by Gasteiger charge is -2.24. The van der Waals surface area contributed by atoms with Gasteiger partial charge in [0.25, 0.3) is 15.9 Å². The molecule has 0 aliphatic heterocycles. The fraction of sp³-hybridized carbons (Fsp3) is 0.103. The second-order valence-corrected chi connectivity index (χ2v) is 10.7. The standard InChI is InChI=1S/C29H25N3O3S2/c1-21-16-25(13-15-27(21)36)29(33)32(18-22-8-4-2-5-9-22)19-23-12-14-26(24-10-6-3-7-11-24)28(17-23)37(34,35)31-20-30/h2-17,31,36H,18-19H2,1H3. The van der Waals surface area contributed by atoms with E-state index in [2.05, 4.69) is 12.6 Å². The number of hydrogen-bond donors (Lipinski definition) is 2. The van der Waals surface area contributed by atoms with Gasteiger partial charge in [-0.05, 0) is 53.4 Å². The molecule has 0 radical (unpaired) electrons. The third kappa shape index (κ3) is 6.20. The van der Waals surface area contributed by atoms with Crippen molar-refractivity contribution in [1.29, 1.82) is 5.26 Å². The zero-order valence-electron chi connectivity index (χ0n) is 20.1. The molecule has 0 spiro atoms. The Morgan fingerprint density at radius 3 is 2.19 bits per heavy atom. The number of aryl methyl sites for hydroxylation is 1. The summed E-state index contributed by atoms with van der Waals surface area (Å²) in [5, 5.41) is 9.05. The molecule has 1 N–H and O–H groups in total. The molecule has 0 aliphatic rings. The Bertz CT molecular complexity index is 1570. The number of hydrogen-bond acceptors (Lipinski definition) is 5. The summed E-state index contributed by atoms with van der Waals surface area (Å²) in [5.41, 5.74) is 4.13. The molecular formula is C29H25N3O3S2. The molecule has 0 aromatic heterocycles. The molecule has 0 atom stereocenters. The number of rotatable bonds is 8. The van der Waals surface area contributed by atoms with Gasteiger partial charge in [0, 0.05) is 29.1 Å². The summed E-state index contributed by atoms with van der Waals surface area (Å²) in [5.74, 6) is -0.188. The van der Waals surface area contributed by atoms with Crippen molar-refractivity contribution in [3.63, 3.8) is 0 Å². The van der Waals surface area contributed by atoms with E-state index < -0.39 is 10.0 Å². The van der Waals surface area contributed by atoms with Gasteiger partial charge >= 0.3 is 0 Å². The molecular weight excluding hydrogens is 502 g/mol. The SMILES string of the molecule is Cc1cc(C(=O)N(Cc2ccccc2)Cc2ccc(-c3ccccc3)c(S(=O)(=O)NC#N)c2)ccc1S. The quantitative estimate of drug-likeness (QED) is 0.179. The van der Waals surface area contributed by atoms with Crippen LogP contribution in [0.2, 0.25) is 0 Å². The molecule has 6 nitrogen and oxygen atoms in total. The summed E-state index contributed by atoms with van der Waals surface area (Å²) in [6.07, 6.45) is 1.52. The first-order valence-corrected chi connectivity index (χ1v) is 13.4. The van der Waals surface area contributed by atoms with Crippen LogP contribution in [0.1, 0.15) is 27.0 Å². The molecule has 0 unspecified atom stereocenters. The molecule has 0 heterocycles. The van der Waals surface area contributed by atoms with Crippen molar-refractivity contribution in [2.45, 2.75) is 29.8 Å². The van der Waals surface area contributed by atoms with Gasteiger partial charge in [-0.25, -0.2) is 13.1 Å². The molecule has 0 saturated carbocycles. The van der Waals surface area contributed by atoms with Crippen molar-refractivity contribution in [2.24, 2.45) is 0 Å². The number of nitrogens with one attached hydrogen (secondary N) is 1. The van der Waals surface area contributed by atoms with Crippen LogP contribution in [-0.4, -0.2) is 19.2 Å². The van der Waals surface area contributed by atoms with Crippen LogP contribution in [0, 0.1) is 18.4 Å². The van der Waals surface area contributed by atoms with E-state index in [4.69, 9.17) is 5.26 Å². The maximum absolute atomic E-state index is 13.6. The van der Waals surface area contributed by atoms with Gasteiger partial charge in [0.1, 0.15) is 0 Å². The Morgan fingerprint density at radius 1 is 0.892 bits per heavy atom. The Kier molecular flexibility index (Phi) is 7.97. The molecule has 0 aliphatic carbocycles.